The highest BCUT2D eigenvalue weighted by molar-refractivity contribution is 9.10. The maximum atomic E-state index is 6.42. The lowest BCUT2D eigenvalue weighted by molar-refractivity contribution is 0.413. The third kappa shape index (κ3) is 3.03. The van der Waals surface area contributed by atoms with Crippen LogP contribution in [0.3, 0.4) is 0 Å². The molecule has 4 heteroatoms. The molecule has 1 fully saturated rings. The Balaban J connectivity index is 2.13. The van der Waals surface area contributed by atoms with Crippen molar-refractivity contribution >= 4 is 27.7 Å². The molecule has 2 rings (SSSR count). The molecule has 0 radical (unpaired) electrons. The van der Waals surface area contributed by atoms with E-state index in [1.165, 1.54) is 24.2 Å². The second-order valence-corrected chi connectivity index (χ2v) is 7.52. The van der Waals surface area contributed by atoms with E-state index in [2.05, 4.69) is 28.9 Å². The number of benzene rings is 1. The van der Waals surface area contributed by atoms with Gasteiger partial charge in [-0.2, -0.15) is 11.8 Å². The summed E-state index contributed by atoms with van der Waals surface area (Å²) in [6, 6.07) is 6.26. The zero-order valence-corrected chi connectivity index (χ0v) is 13.3. The predicted octanol–water partition coefficient (Wildman–Crippen LogP) is 3.61. The number of rotatable bonds is 4. The number of methoxy groups -OCH3 is 1. The highest BCUT2D eigenvalue weighted by Gasteiger charge is 2.35. The highest BCUT2D eigenvalue weighted by Crippen LogP contribution is 2.41. The average Bonchev–Trinajstić information content (AvgIpc) is 2.80. The lowest BCUT2D eigenvalue weighted by Crippen LogP contribution is -2.42. The molecule has 2 nitrogen and oxygen atoms in total. The maximum absolute atomic E-state index is 6.42. The van der Waals surface area contributed by atoms with Crippen molar-refractivity contribution < 1.29 is 4.74 Å². The summed E-state index contributed by atoms with van der Waals surface area (Å²) < 4.78 is 6.62. The van der Waals surface area contributed by atoms with E-state index < -0.39 is 0 Å². The fraction of sp³-hybridized carbons (Fsp3) is 0.571. The number of halogens is 1. The van der Waals surface area contributed by atoms with Crippen molar-refractivity contribution in [1.82, 2.24) is 0 Å². The molecule has 1 heterocycles. The van der Waals surface area contributed by atoms with Crippen molar-refractivity contribution in [3.8, 4) is 5.75 Å². The van der Waals surface area contributed by atoms with E-state index in [1.807, 2.05) is 23.9 Å². The molecule has 1 aromatic rings. The maximum Gasteiger partial charge on any atom is 0.119 e. The van der Waals surface area contributed by atoms with E-state index in [-0.39, 0.29) is 10.8 Å². The molecule has 1 aliphatic heterocycles. The fourth-order valence-electron chi connectivity index (χ4n) is 2.38. The molecule has 0 aliphatic carbocycles. The summed E-state index contributed by atoms with van der Waals surface area (Å²) >= 11 is 5.61. The molecule has 0 bridgehead atoms. The molecule has 2 atom stereocenters. The summed E-state index contributed by atoms with van der Waals surface area (Å²) in [7, 11) is 1.70. The molecule has 0 spiro atoms. The van der Waals surface area contributed by atoms with E-state index in [9.17, 15) is 0 Å². The van der Waals surface area contributed by atoms with Gasteiger partial charge in [0.15, 0.2) is 0 Å². The molecule has 100 valence electrons. The van der Waals surface area contributed by atoms with Crippen molar-refractivity contribution in [2.75, 3.05) is 12.9 Å². The van der Waals surface area contributed by atoms with Crippen molar-refractivity contribution in [1.29, 1.82) is 0 Å². The van der Waals surface area contributed by atoms with Crippen LogP contribution in [0.25, 0.3) is 0 Å². The first kappa shape index (κ1) is 14.2. The lowest BCUT2D eigenvalue weighted by atomic mass is 9.91. The molecule has 2 unspecified atom stereocenters. The van der Waals surface area contributed by atoms with Gasteiger partial charge in [0.2, 0.25) is 0 Å². The van der Waals surface area contributed by atoms with E-state index in [0.29, 0.717) is 0 Å². The van der Waals surface area contributed by atoms with Crippen LogP contribution in [0, 0.1) is 0 Å². The normalized spacial score (nSPS) is 25.1. The van der Waals surface area contributed by atoms with Gasteiger partial charge < -0.3 is 10.5 Å². The van der Waals surface area contributed by atoms with E-state index in [1.54, 1.807) is 7.11 Å². The summed E-state index contributed by atoms with van der Waals surface area (Å²) in [5.41, 5.74) is 7.66. The Labute approximate surface area is 122 Å². The molecule has 1 aromatic carbocycles. The van der Waals surface area contributed by atoms with Crippen LogP contribution >= 0.6 is 27.7 Å². The molecule has 0 aromatic heterocycles. The number of thioether (sulfide) groups is 1. The minimum atomic E-state index is 0.188. The van der Waals surface area contributed by atoms with Crippen molar-refractivity contribution in [3.63, 3.8) is 0 Å². The Morgan fingerprint density at radius 3 is 2.94 bits per heavy atom. The predicted molar refractivity (Wildman–Crippen MR) is 82.5 cm³/mol. The molecule has 1 saturated heterocycles. The second kappa shape index (κ2) is 5.85. The molecule has 0 amide bonds. The first-order chi connectivity index (χ1) is 8.55. The first-order valence-electron chi connectivity index (χ1n) is 6.27. The Hall–Kier alpha value is -0.190. The van der Waals surface area contributed by atoms with Gasteiger partial charge >= 0.3 is 0 Å². The van der Waals surface area contributed by atoms with E-state index >= 15 is 0 Å². The number of nitrogens with two attached hydrogens (primary N) is 1. The van der Waals surface area contributed by atoms with Crippen LogP contribution < -0.4 is 10.5 Å². The van der Waals surface area contributed by atoms with Gasteiger partial charge in [0, 0.05) is 15.3 Å². The van der Waals surface area contributed by atoms with Gasteiger partial charge in [-0.05, 0) is 55.7 Å². The van der Waals surface area contributed by atoms with Gasteiger partial charge in [0.05, 0.1) is 7.11 Å². The van der Waals surface area contributed by atoms with Crippen LogP contribution in [0.2, 0.25) is 0 Å². The average molecular weight is 330 g/mol. The monoisotopic (exact) mass is 329 g/mol. The zero-order chi connectivity index (χ0) is 13.2. The van der Waals surface area contributed by atoms with E-state index in [0.717, 1.165) is 16.6 Å². The van der Waals surface area contributed by atoms with Gasteiger partial charge in [-0.15, -0.1) is 0 Å². The SMILES string of the molecule is COc1ccc(Br)c(CC(N)C2(C)CCCS2)c1. The van der Waals surface area contributed by atoms with Gasteiger partial charge in [-0.3, -0.25) is 0 Å². The van der Waals surface area contributed by atoms with Crippen molar-refractivity contribution in [2.45, 2.75) is 37.0 Å². The van der Waals surface area contributed by atoms with E-state index in [4.69, 9.17) is 10.5 Å². The zero-order valence-electron chi connectivity index (χ0n) is 10.9. The van der Waals surface area contributed by atoms with Crippen LogP contribution in [-0.4, -0.2) is 23.7 Å². The number of hydrogen-bond donors (Lipinski definition) is 1. The van der Waals surface area contributed by atoms with Gasteiger partial charge in [-0.1, -0.05) is 15.9 Å². The molecule has 18 heavy (non-hydrogen) atoms. The highest BCUT2D eigenvalue weighted by atomic mass is 79.9. The topological polar surface area (TPSA) is 35.2 Å². The van der Waals surface area contributed by atoms with Crippen LogP contribution in [0.4, 0.5) is 0 Å². The van der Waals surface area contributed by atoms with Crippen LogP contribution in [-0.2, 0) is 6.42 Å². The minimum Gasteiger partial charge on any atom is -0.497 e. The summed E-state index contributed by atoms with van der Waals surface area (Å²) in [5, 5.41) is 0. The van der Waals surface area contributed by atoms with Crippen LogP contribution in [0.15, 0.2) is 22.7 Å². The summed E-state index contributed by atoms with van der Waals surface area (Å²) in [6.07, 6.45) is 3.40. The van der Waals surface area contributed by atoms with Gasteiger partial charge in [0.1, 0.15) is 5.75 Å². The smallest absolute Gasteiger partial charge is 0.119 e. The third-order valence-corrected chi connectivity index (χ3v) is 6.16. The number of ether oxygens (including phenoxy) is 1. The number of hydrogen-bond acceptors (Lipinski definition) is 3. The Morgan fingerprint density at radius 2 is 2.33 bits per heavy atom. The summed E-state index contributed by atoms with van der Waals surface area (Å²) in [6.45, 7) is 2.30. The lowest BCUT2D eigenvalue weighted by Gasteiger charge is -2.30. The van der Waals surface area contributed by atoms with Crippen molar-refractivity contribution in [3.05, 3.63) is 28.2 Å². The molecule has 0 saturated carbocycles. The third-order valence-electron chi connectivity index (χ3n) is 3.73. The molecular formula is C14H20BrNOS. The second-order valence-electron chi connectivity index (χ2n) is 5.03. The van der Waals surface area contributed by atoms with Crippen molar-refractivity contribution in [2.24, 2.45) is 5.73 Å². The van der Waals surface area contributed by atoms with Crippen LogP contribution in [0.1, 0.15) is 25.3 Å². The Bertz CT molecular complexity index is 418. The first-order valence-corrected chi connectivity index (χ1v) is 8.05. The minimum absolute atomic E-state index is 0.188. The molecule has 2 N–H and O–H groups in total. The largest absolute Gasteiger partial charge is 0.497 e. The molecular weight excluding hydrogens is 310 g/mol. The fourth-order valence-corrected chi connectivity index (χ4v) is 4.13. The van der Waals surface area contributed by atoms with Gasteiger partial charge in [0.25, 0.3) is 0 Å². The quantitative estimate of drug-likeness (QED) is 0.916. The molecule has 1 aliphatic rings. The Morgan fingerprint density at radius 1 is 1.56 bits per heavy atom. The summed E-state index contributed by atoms with van der Waals surface area (Å²) in [4.78, 5) is 0. The standard InChI is InChI=1S/C14H20BrNOS/c1-14(6-3-7-18-14)13(16)9-10-8-11(17-2)4-5-12(10)15/h4-5,8,13H,3,6-7,9,16H2,1-2H3. The van der Waals surface area contributed by atoms with Crippen LogP contribution in [0.5, 0.6) is 5.75 Å². The van der Waals surface area contributed by atoms with Gasteiger partial charge in [-0.25, -0.2) is 0 Å². The summed E-state index contributed by atoms with van der Waals surface area (Å²) in [5.74, 6) is 2.13. The Kier molecular flexibility index (Phi) is 4.62.